The number of phenolic OH excluding ortho intramolecular Hbond substituents is 2. The minimum absolute atomic E-state index is 0.0882. The van der Waals surface area contributed by atoms with E-state index in [1.165, 1.54) is 35.6 Å². The Morgan fingerprint density at radius 1 is 1.09 bits per heavy atom. The summed E-state index contributed by atoms with van der Waals surface area (Å²) in [5.41, 5.74) is 2.64. The van der Waals surface area contributed by atoms with E-state index in [1.807, 2.05) is 30.3 Å². The third-order valence-corrected chi connectivity index (χ3v) is 3.57. The molecule has 0 spiro atoms. The van der Waals surface area contributed by atoms with E-state index in [0.717, 1.165) is 11.8 Å². The number of anilines is 1. The summed E-state index contributed by atoms with van der Waals surface area (Å²) in [5.74, 6) is -0.984. The Hall–Kier alpha value is -2.64. The van der Waals surface area contributed by atoms with Crippen LogP contribution in [0.3, 0.4) is 0 Å². The molecule has 0 aromatic heterocycles. The van der Waals surface area contributed by atoms with Crippen LogP contribution in [0.25, 0.3) is 6.08 Å². The fraction of sp³-hybridized carbons (Fsp3) is 0. The zero-order chi connectivity index (χ0) is 15.9. The molecule has 0 aliphatic carbocycles. The lowest BCUT2D eigenvalue weighted by molar-refractivity contribution is -0.124. The number of aromatic hydroxyl groups is 2. The second kappa shape index (κ2) is 7.39. The quantitative estimate of drug-likeness (QED) is 0.251. The van der Waals surface area contributed by atoms with Crippen molar-refractivity contribution in [1.82, 2.24) is 5.48 Å². The Morgan fingerprint density at radius 2 is 1.82 bits per heavy atom. The predicted molar refractivity (Wildman–Crippen MR) is 84.7 cm³/mol. The zero-order valence-electron chi connectivity index (χ0n) is 11.4. The smallest absolute Gasteiger partial charge is 0.267 e. The lowest BCUT2D eigenvalue weighted by atomic mass is 10.1. The number of nitrogens with one attached hydrogen (secondary N) is 2. The van der Waals surface area contributed by atoms with Crippen molar-refractivity contribution in [3.05, 3.63) is 54.1 Å². The van der Waals surface area contributed by atoms with Gasteiger partial charge in [-0.25, -0.2) is 5.48 Å². The molecule has 0 atom stereocenters. The molecule has 7 heteroatoms. The summed E-state index contributed by atoms with van der Waals surface area (Å²) >= 11 is 1.17. The van der Waals surface area contributed by atoms with Gasteiger partial charge in [0.05, 0.1) is 4.90 Å². The van der Waals surface area contributed by atoms with Crippen molar-refractivity contribution in [2.45, 2.75) is 4.90 Å². The van der Waals surface area contributed by atoms with Crippen molar-refractivity contribution in [2.75, 3.05) is 4.72 Å². The molecule has 0 saturated heterocycles. The van der Waals surface area contributed by atoms with Gasteiger partial charge in [-0.1, -0.05) is 18.2 Å². The first-order valence-electron chi connectivity index (χ1n) is 6.26. The molecule has 0 unspecified atom stereocenters. The van der Waals surface area contributed by atoms with E-state index >= 15 is 0 Å². The standard InChI is InChI=1S/C15H14N2O4S/c18-12-9-13(19)14(8-10(12)6-7-15(20)16-21)22-17-11-4-2-1-3-5-11/h1-9,17-19,21H,(H,16,20)/b7-6+. The third kappa shape index (κ3) is 4.18. The molecule has 5 N–H and O–H groups in total. The van der Waals surface area contributed by atoms with Crippen LogP contribution in [0, 0.1) is 0 Å². The number of carbonyl (C=O) groups excluding carboxylic acids is 1. The van der Waals surface area contributed by atoms with Crippen LogP contribution in [-0.4, -0.2) is 21.3 Å². The first-order valence-corrected chi connectivity index (χ1v) is 7.08. The Kier molecular flexibility index (Phi) is 5.29. The molecule has 0 aliphatic heterocycles. The molecule has 0 fully saturated rings. The van der Waals surface area contributed by atoms with Gasteiger partial charge in [0.1, 0.15) is 11.5 Å². The lowest BCUT2D eigenvalue weighted by Gasteiger charge is -2.09. The number of benzene rings is 2. The van der Waals surface area contributed by atoms with Crippen molar-refractivity contribution in [3.63, 3.8) is 0 Å². The normalized spacial score (nSPS) is 10.6. The van der Waals surface area contributed by atoms with Gasteiger partial charge in [-0.3, -0.25) is 10.0 Å². The van der Waals surface area contributed by atoms with Gasteiger partial charge in [0, 0.05) is 23.4 Å². The largest absolute Gasteiger partial charge is 0.507 e. The summed E-state index contributed by atoms with van der Waals surface area (Å²) in [6.07, 6.45) is 2.39. The van der Waals surface area contributed by atoms with Gasteiger partial charge in [-0.2, -0.15) is 0 Å². The summed E-state index contributed by atoms with van der Waals surface area (Å²) in [4.78, 5) is 11.4. The highest BCUT2D eigenvalue weighted by atomic mass is 32.2. The highest BCUT2D eigenvalue weighted by Gasteiger charge is 2.08. The van der Waals surface area contributed by atoms with Crippen molar-refractivity contribution in [1.29, 1.82) is 0 Å². The van der Waals surface area contributed by atoms with Crippen LogP contribution >= 0.6 is 11.9 Å². The van der Waals surface area contributed by atoms with E-state index < -0.39 is 5.91 Å². The molecule has 0 saturated carbocycles. The van der Waals surface area contributed by atoms with E-state index in [2.05, 4.69) is 4.72 Å². The lowest BCUT2D eigenvalue weighted by Crippen LogP contribution is -2.14. The van der Waals surface area contributed by atoms with Gasteiger partial charge in [0.2, 0.25) is 0 Å². The number of phenols is 2. The van der Waals surface area contributed by atoms with Gasteiger partial charge in [-0.15, -0.1) is 0 Å². The fourth-order valence-electron chi connectivity index (χ4n) is 1.61. The molecule has 0 heterocycles. The first kappa shape index (κ1) is 15.7. The van der Waals surface area contributed by atoms with E-state index in [0.29, 0.717) is 10.5 Å². The van der Waals surface area contributed by atoms with Crippen LogP contribution in [0.15, 0.2) is 53.4 Å². The summed E-state index contributed by atoms with van der Waals surface area (Å²) in [5, 5.41) is 28.0. The van der Waals surface area contributed by atoms with Gasteiger partial charge in [0.15, 0.2) is 0 Å². The minimum atomic E-state index is -0.718. The number of rotatable bonds is 5. The maximum atomic E-state index is 11.0. The van der Waals surface area contributed by atoms with E-state index in [4.69, 9.17) is 5.21 Å². The SMILES string of the molecule is O=C(/C=C/c1cc(SNc2ccccc2)c(O)cc1O)NO. The number of hydrogen-bond donors (Lipinski definition) is 5. The Morgan fingerprint density at radius 3 is 2.50 bits per heavy atom. The average molecular weight is 318 g/mol. The molecule has 22 heavy (non-hydrogen) atoms. The van der Waals surface area contributed by atoms with Crippen LogP contribution in [0.2, 0.25) is 0 Å². The van der Waals surface area contributed by atoms with Crippen LogP contribution in [-0.2, 0) is 4.79 Å². The molecule has 2 aromatic carbocycles. The molecule has 2 aromatic rings. The number of para-hydroxylation sites is 1. The number of carbonyl (C=O) groups is 1. The molecular weight excluding hydrogens is 304 g/mol. The molecule has 6 nitrogen and oxygen atoms in total. The second-order valence-electron chi connectivity index (χ2n) is 4.26. The van der Waals surface area contributed by atoms with Crippen LogP contribution in [0.5, 0.6) is 11.5 Å². The highest BCUT2D eigenvalue weighted by Crippen LogP contribution is 2.35. The summed E-state index contributed by atoms with van der Waals surface area (Å²) < 4.78 is 3.06. The molecule has 0 bridgehead atoms. The molecule has 0 aliphatic rings. The summed E-state index contributed by atoms with van der Waals surface area (Å²) in [7, 11) is 0. The topological polar surface area (TPSA) is 102 Å². The van der Waals surface area contributed by atoms with E-state index in [1.54, 1.807) is 0 Å². The molecule has 2 rings (SSSR count). The third-order valence-electron chi connectivity index (χ3n) is 2.69. The summed E-state index contributed by atoms with van der Waals surface area (Å²) in [6, 6.07) is 12.1. The molecule has 114 valence electrons. The number of hydroxylamine groups is 1. The van der Waals surface area contributed by atoms with Crippen molar-refractivity contribution < 1.29 is 20.2 Å². The summed E-state index contributed by atoms with van der Waals surface area (Å²) in [6.45, 7) is 0. The first-order chi connectivity index (χ1) is 10.6. The molecule has 0 radical (unpaired) electrons. The van der Waals surface area contributed by atoms with Gasteiger partial charge in [-0.05, 0) is 36.2 Å². The number of hydrogen-bond acceptors (Lipinski definition) is 6. The zero-order valence-corrected chi connectivity index (χ0v) is 12.2. The maximum Gasteiger partial charge on any atom is 0.267 e. The van der Waals surface area contributed by atoms with Crippen LogP contribution < -0.4 is 10.2 Å². The Bertz CT molecular complexity index is 689. The highest BCUT2D eigenvalue weighted by molar-refractivity contribution is 8.00. The maximum absolute atomic E-state index is 11.0. The van der Waals surface area contributed by atoms with Crippen molar-refractivity contribution >= 4 is 29.6 Å². The van der Waals surface area contributed by atoms with Crippen LogP contribution in [0.4, 0.5) is 5.69 Å². The van der Waals surface area contributed by atoms with E-state index in [9.17, 15) is 15.0 Å². The molecular formula is C15H14N2O4S. The monoisotopic (exact) mass is 318 g/mol. The van der Waals surface area contributed by atoms with Crippen molar-refractivity contribution in [2.24, 2.45) is 0 Å². The predicted octanol–water partition coefficient (Wildman–Crippen LogP) is 2.74. The molecule has 1 amide bonds. The Labute approximate surface area is 131 Å². The fourth-order valence-corrected chi connectivity index (χ4v) is 2.32. The van der Waals surface area contributed by atoms with Crippen molar-refractivity contribution in [3.8, 4) is 11.5 Å². The van der Waals surface area contributed by atoms with Gasteiger partial charge >= 0.3 is 0 Å². The minimum Gasteiger partial charge on any atom is -0.507 e. The number of amides is 1. The van der Waals surface area contributed by atoms with Gasteiger partial charge < -0.3 is 14.9 Å². The van der Waals surface area contributed by atoms with Gasteiger partial charge in [0.25, 0.3) is 5.91 Å². The van der Waals surface area contributed by atoms with Crippen LogP contribution in [0.1, 0.15) is 5.56 Å². The Balaban J connectivity index is 2.17. The average Bonchev–Trinajstić information content (AvgIpc) is 2.53. The van der Waals surface area contributed by atoms with E-state index in [-0.39, 0.29) is 11.5 Å². The second-order valence-corrected chi connectivity index (χ2v) is 5.11.